The Bertz CT molecular complexity index is 672. The zero-order valence-corrected chi connectivity index (χ0v) is 29.8. The molecule has 0 amide bonds. The molecule has 12 heteroatoms. The normalized spacial score (nSPS) is 16.1. The Balaban J connectivity index is -0.000000549. The summed E-state index contributed by atoms with van der Waals surface area (Å²) >= 11 is 0. The lowest BCUT2D eigenvalue weighted by molar-refractivity contribution is 0.304. The van der Waals surface area contributed by atoms with Crippen LogP contribution in [0.1, 0.15) is 99.3 Å². The molecule has 2 rings (SSSR count). The van der Waals surface area contributed by atoms with Gasteiger partial charge in [0.05, 0.1) is 0 Å². The maximum Gasteiger partial charge on any atom is 0.163 e. The van der Waals surface area contributed by atoms with Crippen molar-refractivity contribution in [1.29, 1.82) is 10.8 Å². The van der Waals surface area contributed by atoms with Crippen LogP contribution in [0.2, 0.25) is 0 Å². The minimum absolute atomic E-state index is 0. The van der Waals surface area contributed by atoms with Gasteiger partial charge in [-0.05, 0) is 88.4 Å². The molecule has 0 unspecified atom stereocenters. The Kier molecular flexibility index (Phi) is 32.4. The summed E-state index contributed by atoms with van der Waals surface area (Å²) in [6.45, 7) is 20.6. The fourth-order valence-corrected chi connectivity index (χ4v) is 4.54. The van der Waals surface area contributed by atoms with Crippen molar-refractivity contribution < 1.29 is 0 Å². The predicted octanol–water partition coefficient (Wildman–Crippen LogP) is 4.95. The highest BCUT2D eigenvalue weighted by molar-refractivity contribution is 6.39. The molecule has 10 N–H and O–H groups in total. The summed E-state index contributed by atoms with van der Waals surface area (Å²) in [7, 11) is 0. The molecule has 0 aromatic carbocycles. The van der Waals surface area contributed by atoms with Crippen LogP contribution in [-0.2, 0) is 0 Å². The molecule has 0 aromatic heterocycles. The summed E-state index contributed by atoms with van der Waals surface area (Å²) in [5.41, 5.74) is 10.7. The molecule has 2 fully saturated rings. The number of hydrogen-bond donors (Lipinski definition) is 8. The van der Waals surface area contributed by atoms with Crippen LogP contribution < -0.4 is 32.7 Å². The molecule has 2 aliphatic rings. The van der Waals surface area contributed by atoms with Gasteiger partial charge in [-0.25, -0.2) is 0 Å². The second-order valence-electron chi connectivity index (χ2n) is 12.2. The number of piperidine rings is 2. The van der Waals surface area contributed by atoms with Crippen LogP contribution in [0.25, 0.3) is 0 Å². The van der Waals surface area contributed by atoms with E-state index in [1.165, 1.54) is 71.1 Å². The van der Waals surface area contributed by atoms with E-state index >= 15 is 0 Å². The van der Waals surface area contributed by atoms with Crippen LogP contribution in [0.5, 0.6) is 0 Å². The summed E-state index contributed by atoms with van der Waals surface area (Å²) in [5, 5.41) is 27.5. The van der Waals surface area contributed by atoms with Crippen LogP contribution in [0.3, 0.4) is 0 Å². The minimum atomic E-state index is 0. The van der Waals surface area contributed by atoms with Gasteiger partial charge < -0.3 is 32.7 Å². The Morgan fingerprint density at radius 2 is 1.02 bits per heavy atom. The third-order valence-electron chi connectivity index (χ3n) is 6.97. The van der Waals surface area contributed by atoms with Crippen molar-refractivity contribution in [3.63, 3.8) is 0 Å². The molecule has 0 radical (unpaired) electrons. The monoisotopic (exact) mass is 651 g/mol. The van der Waals surface area contributed by atoms with E-state index in [1.807, 2.05) is 0 Å². The lowest BCUT2D eigenvalue weighted by Crippen LogP contribution is -2.36. The van der Waals surface area contributed by atoms with Crippen molar-refractivity contribution in [2.45, 2.75) is 99.3 Å². The van der Waals surface area contributed by atoms with E-state index in [0.29, 0.717) is 36.6 Å². The smallest absolute Gasteiger partial charge is 0.163 e. The first kappa shape index (κ1) is 45.8. The average Bonchev–Trinajstić information content (AvgIpc) is 2.94. The predicted molar refractivity (Wildman–Crippen MR) is 194 cm³/mol. The van der Waals surface area contributed by atoms with Gasteiger partial charge in [0.1, 0.15) is 0 Å². The van der Waals surface area contributed by atoms with E-state index in [4.69, 9.17) is 22.3 Å². The lowest BCUT2D eigenvalue weighted by atomic mass is 9.87. The SMILES string of the molecule is C(CC1CCNCC1)CC1CCNCC1.CCCNC(=NCC(C)C)C(=N)N.CCCNC(=NCC(C)C)C(=N)N.Cl.Cl. The van der Waals surface area contributed by atoms with Gasteiger partial charge in [-0.3, -0.25) is 20.8 Å². The number of aliphatic imine (C=N–C) groups is 2. The average molecular weight is 652 g/mol. The maximum atomic E-state index is 7.26. The van der Waals surface area contributed by atoms with E-state index < -0.39 is 0 Å². The van der Waals surface area contributed by atoms with E-state index in [9.17, 15) is 0 Å². The van der Waals surface area contributed by atoms with Gasteiger partial charge in [-0.15, -0.1) is 24.8 Å². The molecule has 0 atom stereocenters. The summed E-state index contributed by atoms with van der Waals surface area (Å²) < 4.78 is 0. The zero-order valence-electron chi connectivity index (χ0n) is 28.2. The first-order chi connectivity index (χ1) is 19.6. The summed E-state index contributed by atoms with van der Waals surface area (Å²) in [5.74, 6) is 4.16. The number of nitrogens with zero attached hydrogens (tertiary/aromatic N) is 2. The second-order valence-corrected chi connectivity index (χ2v) is 12.2. The molecule has 0 bridgehead atoms. The van der Waals surface area contributed by atoms with E-state index in [-0.39, 0.29) is 36.5 Å². The van der Waals surface area contributed by atoms with Gasteiger partial charge >= 0.3 is 0 Å². The van der Waals surface area contributed by atoms with Gasteiger partial charge in [0.15, 0.2) is 23.3 Å². The van der Waals surface area contributed by atoms with Crippen molar-refractivity contribution in [3.05, 3.63) is 0 Å². The van der Waals surface area contributed by atoms with Crippen LogP contribution in [0.15, 0.2) is 9.98 Å². The number of nitrogens with one attached hydrogen (secondary N) is 6. The molecule has 0 aromatic rings. The second kappa shape index (κ2) is 30.4. The Morgan fingerprint density at radius 3 is 1.28 bits per heavy atom. The first-order valence-electron chi connectivity index (χ1n) is 16.3. The van der Waals surface area contributed by atoms with E-state index in [1.54, 1.807) is 0 Å². The van der Waals surface area contributed by atoms with Gasteiger partial charge in [0, 0.05) is 26.2 Å². The van der Waals surface area contributed by atoms with Gasteiger partial charge in [-0.2, -0.15) is 0 Å². The molecule has 0 saturated carbocycles. The summed E-state index contributed by atoms with van der Waals surface area (Å²) in [6.07, 6.45) is 12.2. The third kappa shape index (κ3) is 27.7. The van der Waals surface area contributed by atoms with E-state index in [2.05, 4.69) is 72.8 Å². The molecule has 256 valence electrons. The van der Waals surface area contributed by atoms with E-state index in [0.717, 1.165) is 37.8 Å². The quantitative estimate of drug-likeness (QED) is 0.110. The van der Waals surface area contributed by atoms with Crippen LogP contribution in [0, 0.1) is 34.5 Å². The highest BCUT2D eigenvalue weighted by Gasteiger charge is 2.15. The van der Waals surface area contributed by atoms with Crippen LogP contribution >= 0.6 is 24.8 Å². The number of halogens is 2. The van der Waals surface area contributed by atoms with Crippen molar-refractivity contribution in [3.8, 4) is 0 Å². The van der Waals surface area contributed by atoms with Crippen LogP contribution in [0.4, 0.5) is 0 Å². The molecule has 0 spiro atoms. The molecule has 43 heavy (non-hydrogen) atoms. The third-order valence-corrected chi connectivity index (χ3v) is 6.97. The number of nitrogens with two attached hydrogens (primary N) is 2. The van der Waals surface area contributed by atoms with Crippen molar-refractivity contribution in [2.75, 3.05) is 52.4 Å². The molecule has 2 aliphatic heterocycles. The highest BCUT2D eigenvalue weighted by Crippen LogP contribution is 2.23. The van der Waals surface area contributed by atoms with Crippen molar-refractivity contribution in [1.82, 2.24) is 21.3 Å². The molecular formula is C31H68Cl2N10. The Hall–Kier alpha value is -1.62. The maximum absolute atomic E-state index is 7.26. The molecular weight excluding hydrogens is 583 g/mol. The fraction of sp³-hybridized carbons (Fsp3) is 0.871. The van der Waals surface area contributed by atoms with Crippen molar-refractivity contribution in [2.24, 2.45) is 45.1 Å². The Labute approximate surface area is 276 Å². The largest absolute Gasteiger partial charge is 0.381 e. The number of hydrogen-bond acceptors (Lipinski definition) is 6. The van der Waals surface area contributed by atoms with Crippen LogP contribution in [-0.4, -0.2) is 75.7 Å². The fourth-order valence-electron chi connectivity index (χ4n) is 4.54. The first-order valence-corrected chi connectivity index (χ1v) is 16.3. The minimum Gasteiger partial charge on any atom is -0.381 e. The summed E-state index contributed by atoms with van der Waals surface area (Å²) in [4.78, 5) is 8.43. The van der Waals surface area contributed by atoms with Crippen molar-refractivity contribution >= 4 is 48.2 Å². The standard InChI is InChI=1S/C13H26N2.2C9H20N4.2ClH/c1(2-12-4-8-14-9-5-12)3-13-6-10-15-11-7-13;2*1-4-5-12-9(8(10)11)13-6-7(2)3;;/h12-15H,1-11H2;2*7H,4-6H2,1-3H3,(H3,10,11)(H,12,13);2*1H. The van der Waals surface area contributed by atoms with Gasteiger partial charge in [0.25, 0.3) is 0 Å². The topological polar surface area (TPSA) is 173 Å². The lowest BCUT2D eigenvalue weighted by Gasteiger charge is -2.25. The number of rotatable bonds is 12. The summed E-state index contributed by atoms with van der Waals surface area (Å²) in [6, 6.07) is 0. The highest BCUT2D eigenvalue weighted by atomic mass is 35.5. The van der Waals surface area contributed by atoms with Gasteiger partial charge in [0.2, 0.25) is 0 Å². The zero-order chi connectivity index (χ0) is 30.9. The molecule has 10 nitrogen and oxygen atoms in total. The molecule has 0 aliphatic carbocycles. The number of amidine groups is 4. The van der Waals surface area contributed by atoms with Gasteiger partial charge in [-0.1, -0.05) is 60.8 Å². The molecule has 2 saturated heterocycles. The molecule has 2 heterocycles. The Morgan fingerprint density at radius 1 is 0.698 bits per heavy atom.